The molecule has 1 aromatic heterocycles. The fourth-order valence-corrected chi connectivity index (χ4v) is 6.88. The number of carboxylic acid groups (broad SMARTS) is 1. The van der Waals surface area contributed by atoms with Crippen molar-refractivity contribution in [1.29, 1.82) is 0 Å². The fourth-order valence-electron chi connectivity index (χ4n) is 6.88. The molecule has 5 rings (SSSR count). The molecule has 3 heterocycles. The minimum atomic E-state index is -1.62. The summed E-state index contributed by atoms with van der Waals surface area (Å²) >= 11 is 0. The first kappa shape index (κ1) is 38.9. The number of benzene rings is 2. The van der Waals surface area contributed by atoms with Gasteiger partial charge in [0.2, 0.25) is 17.7 Å². The van der Waals surface area contributed by atoms with Gasteiger partial charge in [-0.3, -0.25) is 14.4 Å². The zero-order valence-corrected chi connectivity index (χ0v) is 30.7. The summed E-state index contributed by atoms with van der Waals surface area (Å²) < 4.78 is 12.1. The number of rotatable bonds is 16. The zero-order valence-electron chi connectivity index (χ0n) is 30.7. The highest BCUT2D eigenvalue weighted by Gasteiger charge is 2.44. The third-order valence-corrected chi connectivity index (χ3v) is 10.00. The molecule has 0 saturated carbocycles. The van der Waals surface area contributed by atoms with Crippen LogP contribution < -0.4 is 14.8 Å². The van der Waals surface area contributed by atoms with Crippen LogP contribution in [-0.2, 0) is 19.2 Å². The van der Waals surface area contributed by atoms with Gasteiger partial charge >= 0.3 is 5.97 Å². The first-order valence-electron chi connectivity index (χ1n) is 18.5. The molecular formula is C42H50N4O7. The maximum absolute atomic E-state index is 14.0. The number of terminal acetylenes is 1. The van der Waals surface area contributed by atoms with Crippen LogP contribution >= 0.6 is 0 Å². The number of aliphatic carboxylic acids is 1. The van der Waals surface area contributed by atoms with Crippen LogP contribution in [0.5, 0.6) is 11.5 Å². The van der Waals surface area contributed by atoms with Crippen LogP contribution in [0.2, 0.25) is 0 Å². The second-order valence-electron chi connectivity index (χ2n) is 14.0. The molecule has 0 aliphatic carbocycles. The van der Waals surface area contributed by atoms with Crippen LogP contribution in [0.25, 0.3) is 22.2 Å². The number of fused-ring (bicyclic) bond motifs is 1. The number of unbranched alkanes of at least 4 members (excludes halogenated alkanes) is 3. The van der Waals surface area contributed by atoms with Crippen LogP contribution in [0, 0.1) is 12.3 Å². The number of nitrogens with zero attached hydrogens (tertiary/aromatic N) is 3. The molecule has 11 nitrogen and oxygen atoms in total. The molecule has 0 spiro atoms. The lowest BCUT2D eigenvalue weighted by Crippen LogP contribution is -2.57. The number of aromatic nitrogens is 1. The van der Waals surface area contributed by atoms with Gasteiger partial charge in [0.15, 0.2) is 0 Å². The van der Waals surface area contributed by atoms with E-state index in [1.54, 1.807) is 18.1 Å². The Kier molecular flexibility index (Phi) is 13.5. The summed E-state index contributed by atoms with van der Waals surface area (Å²) in [7, 11) is 1.59. The summed E-state index contributed by atoms with van der Waals surface area (Å²) in [6.07, 6.45) is 14.7. The first-order chi connectivity index (χ1) is 25.6. The number of amides is 3. The summed E-state index contributed by atoms with van der Waals surface area (Å²) in [5.41, 5.74) is 0.600. The molecule has 3 atom stereocenters. The Balaban J connectivity index is 1.38. The number of carbonyl (C=O) groups excluding carboxylic acids is 3. The molecular weight excluding hydrogens is 672 g/mol. The number of piperidine rings is 1. The summed E-state index contributed by atoms with van der Waals surface area (Å²) in [5.74, 6) is 1.55. The van der Waals surface area contributed by atoms with Crippen molar-refractivity contribution in [3.8, 4) is 35.1 Å². The molecule has 2 aromatic carbocycles. The van der Waals surface area contributed by atoms with E-state index in [9.17, 15) is 24.3 Å². The second-order valence-corrected chi connectivity index (χ2v) is 14.0. The van der Waals surface area contributed by atoms with Gasteiger partial charge in [0.25, 0.3) is 0 Å². The molecule has 0 bridgehead atoms. The van der Waals surface area contributed by atoms with Crippen molar-refractivity contribution in [2.75, 3.05) is 26.7 Å². The van der Waals surface area contributed by atoms with Gasteiger partial charge in [-0.2, -0.15) is 0 Å². The van der Waals surface area contributed by atoms with E-state index in [1.165, 1.54) is 11.8 Å². The Bertz CT molecular complexity index is 1830. The minimum absolute atomic E-state index is 0.0332. The number of carboxylic acids is 1. The molecule has 2 N–H and O–H groups in total. The highest BCUT2D eigenvalue weighted by Crippen LogP contribution is 2.35. The third kappa shape index (κ3) is 10.2. The van der Waals surface area contributed by atoms with Gasteiger partial charge in [-0.25, -0.2) is 9.78 Å². The Morgan fingerprint density at radius 3 is 2.49 bits per heavy atom. The molecule has 3 amide bonds. The molecule has 2 aliphatic heterocycles. The molecule has 11 heteroatoms. The van der Waals surface area contributed by atoms with E-state index in [4.69, 9.17) is 20.9 Å². The van der Waals surface area contributed by atoms with Gasteiger partial charge in [-0.1, -0.05) is 42.5 Å². The van der Waals surface area contributed by atoms with Gasteiger partial charge in [-0.05, 0) is 64.0 Å². The van der Waals surface area contributed by atoms with E-state index in [0.29, 0.717) is 42.2 Å². The van der Waals surface area contributed by atoms with Gasteiger partial charge in [0.1, 0.15) is 29.2 Å². The fraction of sp³-hybridized carbons (Fsp3) is 0.452. The molecule has 280 valence electrons. The summed E-state index contributed by atoms with van der Waals surface area (Å²) in [5, 5.41) is 13.7. The predicted molar refractivity (Wildman–Crippen MR) is 203 cm³/mol. The van der Waals surface area contributed by atoms with Crippen molar-refractivity contribution >= 4 is 34.6 Å². The Hall–Kier alpha value is -5.37. The van der Waals surface area contributed by atoms with E-state index in [0.717, 1.165) is 49.5 Å². The van der Waals surface area contributed by atoms with Crippen molar-refractivity contribution in [2.45, 2.75) is 95.2 Å². The molecule has 3 aromatic rings. The lowest BCUT2D eigenvalue weighted by molar-refractivity contribution is -0.148. The topological polar surface area (TPSA) is 138 Å². The van der Waals surface area contributed by atoms with E-state index in [-0.39, 0.29) is 44.0 Å². The van der Waals surface area contributed by atoms with Crippen LogP contribution in [0.3, 0.4) is 0 Å². The average Bonchev–Trinajstić information content (AvgIpc) is 3.61. The Morgan fingerprint density at radius 1 is 1.02 bits per heavy atom. The van der Waals surface area contributed by atoms with Crippen LogP contribution in [-0.4, -0.2) is 88.0 Å². The van der Waals surface area contributed by atoms with Crippen LogP contribution in [0.1, 0.15) is 77.6 Å². The molecule has 2 unspecified atom stereocenters. The quantitative estimate of drug-likeness (QED) is 0.102. The average molecular weight is 723 g/mol. The molecule has 53 heavy (non-hydrogen) atoms. The van der Waals surface area contributed by atoms with Crippen molar-refractivity contribution in [3.05, 3.63) is 66.7 Å². The number of likely N-dealkylation sites (tertiary alicyclic amines) is 2. The largest absolute Gasteiger partial charge is 0.497 e. The number of nitrogens with one attached hydrogen (secondary N) is 1. The maximum Gasteiger partial charge on any atom is 0.329 e. The number of pyridine rings is 1. The monoisotopic (exact) mass is 722 g/mol. The van der Waals surface area contributed by atoms with Gasteiger partial charge in [0, 0.05) is 61.9 Å². The lowest BCUT2D eigenvalue weighted by atomic mass is 9.96. The summed E-state index contributed by atoms with van der Waals surface area (Å²) in [6, 6.07) is 16.0. The van der Waals surface area contributed by atoms with Crippen molar-refractivity contribution in [1.82, 2.24) is 20.1 Å². The van der Waals surface area contributed by atoms with Crippen LogP contribution in [0.15, 0.2) is 66.7 Å². The van der Waals surface area contributed by atoms with E-state index in [1.807, 2.05) is 60.7 Å². The third-order valence-electron chi connectivity index (χ3n) is 10.00. The van der Waals surface area contributed by atoms with Crippen LogP contribution in [0.4, 0.5) is 0 Å². The number of carbonyl (C=O) groups is 4. The standard InChI is InChI=1S/C42H50N4O7/c1-4-5-6-7-8-9-14-23-42(2,41(50)51)44-40(49)36-27-32(29-46(36)39(48)22-21-38(47)45-24-15-11-16-25-45)53-37-28-34(30-17-12-10-13-18-30)43-35-26-31(52-3)19-20-33(35)37/h1,9-10,12-14,17-20,26,28,32,36H,5-8,11,15-16,21-25,27,29H2,2-3H3,(H,44,49)(H,50,51)/b14-9-/t32?,36-,42?/m0/s1. The number of methoxy groups -OCH3 is 1. The van der Waals surface area contributed by atoms with Gasteiger partial charge in [0.05, 0.1) is 24.9 Å². The summed E-state index contributed by atoms with van der Waals surface area (Å²) in [4.78, 5) is 61.5. The predicted octanol–water partition coefficient (Wildman–Crippen LogP) is 6.15. The normalized spacial score (nSPS) is 18.4. The van der Waals surface area contributed by atoms with Crippen molar-refractivity contribution < 1.29 is 33.8 Å². The zero-order chi connectivity index (χ0) is 37.8. The van der Waals surface area contributed by atoms with E-state index in [2.05, 4.69) is 11.2 Å². The minimum Gasteiger partial charge on any atom is -0.497 e. The number of allylic oxidation sites excluding steroid dienone is 1. The number of hydrogen-bond acceptors (Lipinski definition) is 7. The van der Waals surface area contributed by atoms with Gasteiger partial charge < -0.3 is 29.7 Å². The lowest BCUT2D eigenvalue weighted by Gasteiger charge is -2.30. The number of ether oxygens (including phenoxy) is 2. The molecule has 2 fully saturated rings. The van der Waals surface area contributed by atoms with Crippen molar-refractivity contribution in [3.63, 3.8) is 0 Å². The SMILES string of the molecule is C#CCCCC/C=C\CC(C)(NC(=O)[C@@H]1CC(Oc2cc(-c3ccccc3)nc3cc(OC)ccc23)CN1C(=O)CCC(=O)N1CCCCC1)C(=O)O. The molecule has 2 aliphatic rings. The summed E-state index contributed by atoms with van der Waals surface area (Å²) in [6.45, 7) is 2.91. The van der Waals surface area contributed by atoms with E-state index < -0.39 is 29.6 Å². The maximum atomic E-state index is 14.0. The first-order valence-corrected chi connectivity index (χ1v) is 18.5. The molecule has 2 saturated heterocycles. The molecule has 0 radical (unpaired) electrons. The highest BCUT2D eigenvalue weighted by molar-refractivity contribution is 5.93. The highest BCUT2D eigenvalue weighted by atomic mass is 16.5. The Morgan fingerprint density at radius 2 is 1.77 bits per heavy atom. The smallest absolute Gasteiger partial charge is 0.329 e. The second kappa shape index (κ2) is 18.4. The number of hydrogen-bond donors (Lipinski definition) is 2. The van der Waals surface area contributed by atoms with E-state index >= 15 is 0 Å². The Labute approximate surface area is 311 Å². The van der Waals surface area contributed by atoms with Crippen molar-refractivity contribution in [2.24, 2.45) is 0 Å². The van der Waals surface area contributed by atoms with Gasteiger partial charge in [-0.15, -0.1) is 12.3 Å².